The molecule has 3 heterocycles. The van der Waals surface area contributed by atoms with E-state index in [1.54, 1.807) is 17.7 Å². The molecular formula is C13H16N4OS. The minimum atomic E-state index is -0.321. The van der Waals surface area contributed by atoms with Crippen LogP contribution < -0.4 is 10.6 Å². The number of carbonyl (C=O) groups excluding carboxylic acids is 1. The molecule has 6 heteroatoms. The van der Waals surface area contributed by atoms with E-state index >= 15 is 0 Å². The molecule has 0 aliphatic carbocycles. The second-order valence-electron chi connectivity index (χ2n) is 4.52. The van der Waals surface area contributed by atoms with E-state index in [0.29, 0.717) is 6.54 Å². The van der Waals surface area contributed by atoms with Crippen molar-refractivity contribution in [2.45, 2.75) is 18.9 Å². The maximum Gasteiger partial charge on any atom is 0.243 e. The number of hydrogen-bond acceptors (Lipinski definition) is 4. The number of amides is 1. The number of aromatic amines is 1. The van der Waals surface area contributed by atoms with Crippen LogP contribution >= 0.6 is 11.3 Å². The van der Waals surface area contributed by atoms with Crippen molar-refractivity contribution >= 4 is 17.2 Å². The topological polar surface area (TPSA) is 69.8 Å². The van der Waals surface area contributed by atoms with Crippen LogP contribution in [-0.4, -0.2) is 29.0 Å². The molecule has 1 aliphatic heterocycles. The highest BCUT2D eigenvalue weighted by Crippen LogP contribution is 2.19. The minimum absolute atomic E-state index is 0.00426. The zero-order valence-electron chi connectivity index (χ0n) is 10.5. The lowest BCUT2D eigenvalue weighted by atomic mass is 10.1. The van der Waals surface area contributed by atoms with Crippen LogP contribution in [-0.2, 0) is 17.6 Å². The summed E-state index contributed by atoms with van der Waals surface area (Å²) in [6.45, 7) is 1.47. The van der Waals surface area contributed by atoms with Gasteiger partial charge in [0.05, 0.1) is 12.0 Å². The molecule has 2 aromatic rings. The Morgan fingerprint density at radius 1 is 1.58 bits per heavy atom. The van der Waals surface area contributed by atoms with Gasteiger partial charge in [0.2, 0.25) is 5.91 Å². The van der Waals surface area contributed by atoms with Crippen molar-refractivity contribution in [2.24, 2.45) is 0 Å². The summed E-state index contributed by atoms with van der Waals surface area (Å²) in [6.07, 6.45) is 3.43. The molecule has 1 amide bonds. The molecular weight excluding hydrogens is 260 g/mol. The number of rotatable bonds is 4. The van der Waals surface area contributed by atoms with Gasteiger partial charge in [0.25, 0.3) is 0 Å². The summed E-state index contributed by atoms with van der Waals surface area (Å²) in [5, 5.41) is 8.24. The molecule has 1 unspecified atom stereocenters. The summed E-state index contributed by atoms with van der Waals surface area (Å²) < 4.78 is 0. The Hall–Kier alpha value is -1.66. The van der Waals surface area contributed by atoms with Crippen LogP contribution in [0.2, 0.25) is 0 Å². The van der Waals surface area contributed by atoms with Crippen molar-refractivity contribution < 1.29 is 4.79 Å². The average molecular weight is 276 g/mol. The zero-order valence-corrected chi connectivity index (χ0v) is 11.3. The molecule has 5 nitrogen and oxygen atoms in total. The van der Waals surface area contributed by atoms with Gasteiger partial charge in [-0.05, 0) is 17.9 Å². The Balaban J connectivity index is 1.57. The quantitative estimate of drug-likeness (QED) is 0.781. The second kappa shape index (κ2) is 5.54. The van der Waals surface area contributed by atoms with Gasteiger partial charge < -0.3 is 15.6 Å². The Kier molecular flexibility index (Phi) is 3.61. The summed E-state index contributed by atoms with van der Waals surface area (Å²) >= 11 is 1.72. The van der Waals surface area contributed by atoms with E-state index in [-0.39, 0.29) is 11.9 Å². The van der Waals surface area contributed by atoms with Gasteiger partial charge in [0.15, 0.2) is 0 Å². The third kappa shape index (κ3) is 2.69. The highest BCUT2D eigenvalue weighted by molar-refractivity contribution is 7.09. The van der Waals surface area contributed by atoms with Crippen LogP contribution in [0.4, 0.5) is 0 Å². The van der Waals surface area contributed by atoms with E-state index in [2.05, 4.69) is 32.0 Å². The second-order valence-corrected chi connectivity index (χ2v) is 5.56. The maximum atomic E-state index is 12.2. The van der Waals surface area contributed by atoms with Gasteiger partial charge in [0.1, 0.15) is 6.04 Å². The number of imidazole rings is 1. The molecule has 100 valence electrons. The fourth-order valence-electron chi connectivity index (χ4n) is 2.30. The summed E-state index contributed by atoms with van der Waals surface area (Å²) in [5.41, 5.74) is 1.90. The summed E-state index contributed by atoms with van der Waals surface area (Å²) in [7, 11) is 0. The molecule has 3 N–H and O–H groups in total. The smallest absolute Gasteiger partial charge is 0.243 e. The molecule has 0 aromatic carbocycles. The average Bonchev–Trinajstić information content (AvgIpc) is 3.08. The first-order valence-electron chi connectivity index (χ1n) is 6.40. The van der Waals surface area contributed by atoms with Crippen LogP contribution in [0.25, 0.3) is 0 Å². The number of aromatic nitrogens is 2. The van der Waals surface area contributed by atoms with Gasteiger partial charge in [-0.2, -0.15) is 0 Å². The molecule has 19 heavy (non-hydrogen) atoms. The molecule has 1 atom stereocenters. The van der Waals surface area contributed by atoms with E-state index in [9.17, 15) is 4.79 Å². The van der Waals surface area contributed by atoms with E-state index in [4.69, 9.17) is 0 Å². The minimum Gasteiger partial charge on any atom is -0.354 e. The SMILES string of the molecule is O=C(NCCc1cccs1)C1NCCc2[nH]cnc21. The van der Waals surface area contributed by atoms with Gasteiger partial charge in [-0.15, -0.1) is 11.3 Å². The van der Waals surface area contributed by atoms with Crippen LogP contribution in [0.5, 0.6) is 0 Å². The Labute approximate surface area is 115 Å². The molecule has 3 rings (SSSR count). The largest absolute Gasteiger partial charge is 0.354 e. The molecule has 0 saturated heterocycles. The highest BCUT2D eigenvalue weighted by Gasteiger charge is 2.27. The van der Waals surface area contributed by atoms with E-state index < -0.39 is 0 Å². The fraction of sp³-hybridized carbons (Fsp3) is 0.385. The van der Waals surface area contributed by atoms with Gasteiger partial charge in [-0.1, -0.05) is 6.07 Å². The Morgan fingerprint density at radius 2 is 2.53 bits per heavy atom. The number of H-pyrrole nitrogens is 1. The first-order valence-corrected chi connectivity index (χ1v) is 7.28. The van der Waals surface area contributed by atoms with Crippen molar-refractivity contribution in [3.63, 3.8) is 0 Å². The van der Waals surface area contributed by atoms with Crippen molar-refractivity contribution in [3.8, 4) is 0 Å². The van der Waals surface area contributed by atoms with E-state index in [1.165, 1.54) is 4.88 Å². The van der Waals surface area contributed by atoms with E-state index in [1.807, 2.05) is 6.07 Å². The first-order chi connectivity index (χ1) is 9.34. The number of fused-ring (bicyclic) bond motifs is 1. The van der Waals surface area contributed by atoms with Crippen LogP contribution in [0.1, 0.15) is 22.3 Å². The lowest BCUT2D eigenvalue weighted by Gasteiger charge is -2.22. The Morgan fingerprint density at radius 3 is 3.37 bits per heavy atom. The lowest BCUT2D eigenvalue weighted by Crippen LogP contribution is -2.42. The normalized spacial score (nSPS) is 18.0. The molecule has 1 aliphatic rings. The van der Waals surface area contributed by atoms with Gasteiger partial charge >= 0.3 is 0 Å². The summed E-state index contributed by atoms with van der Waals surface area (Å²) in [6, 6.07) is 3.79. The van der Waals surface area contributed by atoms with Crippen molar-refractivity contribution in [3.05, 3.63) is 40.1 Å². The first kappa shape index (κ1) is 12.4. The lowest BCUT2D eigenvalue weighted by molar-refractivity contribution is -0.123. The van der Waals surface area contributed by atoms with Crippen LogP contribution in [0.3, 0.4) is 0 Å². The van der Waals surface area contributed by atoms with Crippen molar-refractivity contribution in [1.29, 1.82) is 0 Å². The Bertz CT molecular complexity index is 549. The number of nitrogens with one attached hydrogen (secondary N) is 3. The number of nitrogens with zero attached hydrogens (tertiary/aromatic N) is 1. The molecule has 0 spiro atoms. The number of thiophene rings is 1. The third-order valence-electron chi connectivity index (χ3n) is 3.26. The predicted molar refractivity (Wildman–Crippen MR) is 74.1 cm³/mol. The monoisotopic (exact) mass is 276 g/mol. The highest BCUT2D eigenvalue weighted by atomic mass is 32.1. The number of hydrogen-bond donors (Lipinski definition) is 3. The van der Waals surface area contributed by atoms with Crippen LogP contribution in [0, 0.1) is 0 Å². The maximum absolute atomic E-state index is 12.2. The zero-order chi connectivity index (χ0) is 13.1. The molecule has 0 saturated carbocycles. The predicted octanol–water partition coefficient (Wildman–Crippen LogP) is 1.02. The summed E-state index contributed by atoms with van der Waals surface area (Å²) in [4.78, 5) is 20.8. The molecule has 0 radical (unpaired) electrons. The third-order valence-corrected chi connectivity index (χ3v) is 4.20. The van der Waals surface area contributed by atoms with Gasteiger partial charge in [-0.3, -0.25) is 4.79 Å². The van der Waals surface area contributed by atoms with Gasteiger partial charge in [0, 0.05) is 30.1 Å². The fourth-order valence-corrected chi connectivity index (χ4v) is 3.01. The van der Waals surface area contributed by atoms with Gasteiger partial charge in [-0.25, -0.2) is 4.98 Å². The van der Waals surface area contributed by atoms with Crippen LogP contribution in [0.15, 0.2) is 23.8 Å². The van der Waals surface area contributed by atoms with Crippen molar-refractivity contribution in [2.75, 3.05) is 13.1 Å². The standard InChI is InChI=1S/C13H16N4OS/c18-13(15-5-3-9-2-1-7-19-9)12-11-10(4-6-14-12)16-8-17-11/h1-2,7-8,12,14H,3-6H2,(H,15,18)(H,16,17). The summed E-state index contributed by atoms with van der Waals surface area (Å²) in [5.74, 6) is 0.00426. The molecule has 2 aromatic heterocycles. The van der Waals surface area contributed by atoms with Crippen molar-refractivity contribution in [1.82, 2.24) is 20.6 Å². The van der Waals surface area contributed by atoms with E-state index in [0.717, 1.165) is 30.8 Å². The molecule has 0 fully saturated rings. The molecule has 0 bridgehead atoms. The number of carbonyl (C=O) groups is 1.